The zero-order chi connectivity index (χ0) is 17.3. The number of amides is 1. The third-order valence-electron chi connectivity index (χ3n) is 3.51. The van der Waals surface area contributed by atoms with Crippen molar-refractivity contribution in [3.63, 3.8) is 0 Å². The molecule has 7 nitrogen and oxygen atoms in total. The van der Waals surface area contributed by atoms with E-state index >= 15 is 0 Å². The smallest absolute Gasteiger partial charge is 0.258 e. The van der Waals surface area contributed by atoms with Gasteiger partial charge in [-0.3, -0.25) is 10.1 Å². The number of rotatable bonds is 4. The van der Waals surface area contributed by atoms with Crippen LogP contribution in [0.4, 0.5) is 5.95 Å². The van der Waals surface area contributed by atoms with Gasteiger partial charge in [0.1, 0.15) is 11.3 Å². The molecule has 8 heteroatoms. The van der Waals surface area contributed by atoms with Crippen molar-refractivity contribution in [1.29, 1.82) is 0 Å². The normalized spacial score (nSPS) is 11.0. The van der Waals surface area contributed by atoms with Gasteiger partial charge in [0.2, 0.25) is 5.95 Å². The predicted octanol–water partition coefficient (Wildman–Crippen LogP) is 3.32. The van der Waals surface area contributed by atoms with E-state index in [9.17, 15) is 4.79 Å². The topological polar surface area (TPSA) is 81.9 Å². The summed E-state index contributed by atoms with van der Waals surface area (Å²) in [5.41, 5.74) is 1.55. The van der Waals surface area contributed by atoms with Crippen LogP contribution in [0.1, 0.15) is 30.2 Å². The number of carbonyl (C=O) groups excluding carboxylic acids is 1. The summed E-state index contributed by atoms with van der Waals surface area (Å²) >= 11 is 6.15. The molecule has 0 fully saturated rings. The zero-order valence-corrected chi connectivity index (χ0v) is 14.2. The lowest BCUT2D eigenvalue weighted by molar-refractivity contribution is 0.102. The third kappa shape index (κ3) is 3.03. The molecular formula is C16H16ClN5O2. The summed E-state index contributed by atoms with van der Waals surface area (Å²) in [6.07, 6.45) is 1.66. The summed E-state index contributed by atoms with van der Waals surface area (Å²) in [6, 6.07) is 6.89. The van der Waals surface area contributed by atoms with Crippen LogP contribution in [0.3, 0.4) is 0 Å². The minimum absolute atomic E-state index is 0.135. The van der Waals surface area contributed by atoms with Crippen LogP contribution in [0.2, 0.25) is 5.15 Å². The molecule has 0 aliphatic rings. The highest BCUT2D eigenvalue weighted by Crippen LogP contribution is 2.23. The van der Waals surface area contributed by atoms with E-state index in [0.717, 1.165) is 0 Å². The molecule has 0 aliphatic carbocycles. The van der Waals surface area contributed by atoms with Crippen molar-refractivity contribution >= 4 is 34.6 Å². The first-order valence-corrected chi connectivity index (χ1v) is 7.73. The molecule has 0 aliphatic heterocycles. The predicted molar refractivity (Wildman–Crippen MR) is 91.7 cm³/mol. The average Bonchev–Trinajstić information content (AvgIpc) is 2.99. The number of ether oxygens (including phenoxy) is 1. The number of hydrogen-bond acceptors (Lipinski definition) is 5. The zero-order valence-electron chi connectivity index (χ0n) is 13.4. The molecule has 1 aromatic carbocycles. The van der Waals surface area contributed by atoms with Crippen LogP contribution in [0.15, 0.2) is 30.6 Å². The molecule has 0 saturated heterocycles. The third-order valence-corrected chi connectivity index (χ3v) is 3.78. The number of nitrogens with one attached hydrogen (secondary N) is 1. The summed E-state index contributed by atoms with van der Waals surface area (Å²) in [5.74, 6) is 0.479. The Hall–Kier alpha value is -2.67. The standard InChI is InChI=1S/C16H16ClN5O2/c1-9(2)22-8-18-12-13(17)19-16(20-14(12)22)21-15(23)10-4-6-11(24-3)7-5-10/h4-9H,1-3H3,(H,19,20,21,23). The second-order valence-corrected chi connectivity index (χ2v) is 5.80. The van der Waals surface area contributed by atoms with Gasteiger partial charge in [0.15, 0.2) is 10.8 Å². The number of halogens is 1. The molecule has 0 bridgehead atoms. The Morgan fingerprint density at radius 3 is 2.58 bits per heavy atom. The van der Waals surface area contributed by atoms with Gasteiger partial charge in [0, 0.05) is 11.6 Å². The van der Waals surface area contributed by atoms with Gasteiger partial charge in [-0.2, -0.15) is 9.97 Å². The number of nitrogens with zero attached hydrogens (tertiary/aromatic N) is 4. The SMILES string of the molecule is COc1ccc(C(=O)Nc2nc(Cl)c3ncn(C(C)C)c3n2)cc1. The maximum absolute atomic E-state index is 12.3. The van der Waals surface area contributed by atoms with Crippen LogP contribution in [0, 0.1) is 0 Å². The van der Waals surface area contributed by atoms with Crippen LogP contribution in [-0.4, -0.2) is 32.5 Å². The number of methoxy groups -OCH3 is 1. The maximum atomic E-state index is 12.3. The van der Waals surface area contributed by atoms with Crippen LogP contribution in [0.5, 0.6) is 5.75 Å². The van der Waals surface area contributed by atoms with Gasteiger partial charge in [0.05, 0.1) is 13.4 Å². The summed E-state index contributed by atoms with van der Waals surface area (Å²) in [4.78, 5) is 25.0. The quantitative estimate of drug-likeness (QED) is 0.733. The second-order valence-electron chi connectivity index (χ2n) is 5.44. The van der Waals surface area contributed by atoms with E-state index in [1.165, 1.54) is 0 Å². The van der Waals surface area contributed by atoms with Crippen LogP contribution >= 0.6 is 11.6 Å². The molecule has 2 aromatic heterocycles. The van der Waals surface area contributed by atoms with Crippen molar-refractivity contribution in [3.05, 3.63) is 41.3 Å². The summed E-state index contributed by atoms with van der Waals surface area (Å²) in [6.45, 7) is 4.01. The van der Waals surface area contributed by atoms with E-state index in [4.69, 9.17) is 16.3 Å². The van der Waals surface area contributed by atoms with Gasteiger partial charge in [-0.25, -0.2) is 4.98 Å². The number of anilines is 1. The first kappa shape index (κ1) is 16.2. The molecule has 3 rings (SSSR count). The van der Waals surface area contributed by atoms with Crippen molar-refractivity contribution in [2.45, 2.75) is 19.9 Å². The molecular weight excluding hydrogens is 330 g/mol. The highest BCUT2D eigenvalue weighted by molar-refractivity contribution is 6.33. The van der Waals surface area contributed by atoms with Crippen molar-refractivity contribution < 1.29 is 9.53 Å². The molecule has 24 heavy (non-hydrogen) atoms. The lowest BCUT2D eigenvalue weighted by atomic mass is 10.2. The fourth-order valence-electron chi connectivity index (χ4n) is 2.23. The Labute approximate surface area is 143 Å². The Kier molecular flexibility index (Phi) is 4.35. The number of benzene rings is 1. The van der Waals surface area contributed by atoms with Gasteiger partial charge in [0.25, 0.3) is 5.91 Å². The van der Waals surface area contributed by atoms with Crippen LogP contribution in [-0.2, 0) is 0 Å². The minimum Gasteiger partial charge on any atom is -0.497 e. The number of carbonyl (C=O) groups is 1. The first-order chi connectivity index (χ1) is 11.5. The van der Waals surface area contributed by atoms with E-state index in [-0.39, 0.29) is 23.1 Å². The Bertz CT molecular complexity index is 889. The van der Waals surface area contributed by atoms with E-state index in [0.29, 0.717) is 22.5 Å². The Morgan fingerprint density at radius 1 is 1.25 bits per heavy atom. The molecule has 1 N–H and O–H groups in total. The summed E-state index contributed by atoms with van der Waals surface area (Å²) in [5, 5.41) is 2.86. The molecule has 1 amide bonds. The van der Waals surface area contributed by atoms with Gasteiger partial charge in [-0.1, -0.05) is 11.6 Å². The molecule has 3 aromatic rings. The van der Waals surface area contributed by atoms with Gasteiger partial charge in [-0.15, -0.1) is 0 Å². The average molecular weight is 346 g/mol. The number of hydrogen-bond donors (Lipinski definition) is 1. The van der Waals surface area contributed by atoms with Crippen molar-refractivity contribution in [2.75, 3.05) is 12.4 Å². The van der Waals surface area contributed by atoms with Gasteiger partial charge < -0.3 is 9.30 Å². The Morgan fingerprint density at radius 2 is 1.96 bits per heavy atom. The van der Waals surface area contributed by atoms with E-state index in [2.05, 4.69) is 20.3 Å². The van der Waals surface area contributed by atoms with Crippen molar-refractivity contribution in [2.24, 2.45) is 0 Å². The summed E-state index contributed by atoms with van der Waals surface area (Å²) in [7, 11) is 1.57. The van der Waals surface area contributed by atoms with E-state index in [1.807, 2.05) is 18.4 Å². The number of fused-ring (bicyclic) bond motifs is 1. The fourth-order valence-corrected chi connectivity index (χ4v) is 2.45. The molecule has 0 saturated carbocycles. The van der Waals surface area contributed by atoms with Crippen LogP contribution in [0.25, 0.3) is 11.2 Å². The summed E-state index contributed by atoms with van der Waals surface area (Å²) < 4.78 is 6.94. The lowest BCUT2D eigenvalue weighted by Crippen LogP contribution is -2.14. The number of imidazole rings is 1. The maximum Gasteiger partial charge on any atom is 0.258 e. The molecule has 0 radical (unpaired) electrons. The highest BCUT2D eigenvalue weighted by atomic mass is 35.5. The van der Waals surface area contributed by atoms with E-state index < -0.39 is 0 Å². The first-order valence-electron chi connectivity index (χ1n) is 7.35. The molecule has 0 unspecified atom stereocenters. The van der Waals surface area contributed by atoms with Crippen molar-refractivity contribution in [3.8, 4) is 5.75 Å². The minimum atomic E-state index is -0.330. The second kappa shape index (κ2) is 6.45. The molecule has 0 atom stereocenters. The van der Waals surface area contributed by atoms with Gasteiger partial charge >= 0.3 is 0 Å². The molecule has 0 spiro atoms. The molecule has 124 valence electrons. The Balaban J connectivity index is 1.91. The fraction of sp³-hybridized carbons (Fsp3) is 0.250. The van der Waals surface area contributed by atoms with Crippen molar-refractivity contribution in [1.82, 2.24) is 19.5 Å². The molecule has 2 heterocycles. The van der Waals surface area contributed by atoms with Gasteiger partial charge in [-0.05, 0) is 38.1 Å². The highest BCUT2D eigenvalue weighted by Gasteiger charge is 2.15. The lowest BCUT2D eigenvalue weighted by Gasteiger charge is -2.09. The van der Waals surface area contributed by atoms with E-state index in [1.54, 1.807) is 37.7 Å². The monoisotopic (exact) mass is 345 g/mol. The van der Waals surface area contributed by atoms with Crippen LogP contribution < -0.4 is 10.1 Å². The largest absolute Gasteiger partial charge is 0.497 e. The number of aromatic nitrogens is 4.